The van der Waals surface area contributed by atoms with Crippen LogP contribution in [0.15, 0.2) is 66.1 Å². The molecule has 4 aromatic rings. The first-order valence-corrected chi connectivity index (χ1v) is 22.2. The molecule has 6 atom stereocenters. The Morgan fingerprint density at radius 1 is 1.02 bits per heavy atom. The van der Waals surface area contributed by atoms with Crippen molar-refractivity contribution < 1.29 is 47.7 Å². The highest BCUT2D eigenvalue weighted by molar-refractivity contribution is 7.14. The standard InChI is InChI=1S/C46H53FN6O9S/c1-25(2)40(39(54)27-13-15-29(47)16-14-27)62-45(59)51-33-12-10-8-6-7-9-11-28-22-46(28,43(57)58)52-41(55)37-20-31(23-53(37)42(33)56)61-38-21-35(36-24-63-44(50-36)48-26(3)4)49-34-19-30(60-5)17-18-32(34)38/h9,11,13-19,21,24-26,28,31,33,37,40H,6-8,10,12,20,22-23H2,1-5H3,(H,48,50)(H,51,59)(H,52,55)(H,57,58)/b11-9-/t28?,31-,33+,37+,40+,46-/m1/s1. The van der Waals surface area contributed by atoms with Crippen molar-refractivity contribution in [1.82, 2.24) is 25.5 Å². The molecule has 334 valence electrons. The maximum absolute atomic E-state index is 14.8. The second-order valence-electron chi connectivity index (χ2n) is 17.0. The van der Waals surface area contributed by atoms with E-state index < -0.39 is 77.1 Å². The molecule has 2 aliphatic heterocycles. The summed E-state index contributed by atoms with van der Waals surface area (Å²) in [5.41, 5.74) is 0.322. The van der Waals surface area contributed by atoms with Gasteiger partial charge in [-0.15, -0.1) is 11.3 Å². The fourth-order valence-corrected chi connectivity index (χ4v) is 8.98. The maximum atomic E-state index is 14.8. The van der Waals surface area contributed by atoms with Crippen molar-refractivity contribution in [3.63, 3.8) is 0 Å². The molecule has 7 rings (SSSR count). The molecule has 0 radical (unpaired) electrons. The number of anilines is 1. The van der Waals surface area contributed by atoms with E-state index >= 15 is 0 Å². The zero-order chi connectivity index (χ0) is 45.0. The molecule has 0 bridgehead atoms. The quantitative estimate of drug-likeness (QED) is 0.0829. The number of benzene rings is 2. The Bertz CT molecular complexity index is 2390. The third-order valence-electron chi connectivity index (χ3n) is 11.6. The number of rotatable bonds is 12. The van der Waals surface area contributed by atoms with E-state index in [0.29, 0.717) is 53.1 Å². The molecule has 1 aliphatic carbocycles. The molecular formula is C46H53FN6O9S. The van der Waals surface area contributed by atoms with Gasteiger partial charge >= 0.3 is 12.1 Å². The van der Waals surface area contributed by atoms with Crippen molar-refractivity contribution in [2.75, 3.05) is 19.0 Å². The van der Waals surface area contributed by atoms with Crippen molar-refractivity contribution in [3.05, 3.63) is 77.4 Å². The average Bonchev–Trinajstić information content (AvgIpc) is 3.51. The largest absolute Gasteiger partial charge is 0.497 e. The van der Waals surface area contributed by atoms with Crippen LogP contribution in [0.25, 0.3) is 22.3 Å². The summed E-state index contributed by atoms with van der Waals surface area (Å²) in [6.07, 6.45) is 3.76. The zero-order valence-corrected chi connectivity index (χ0v) is 36.7. The molecule has 1 saturated carbocycles. The molecule has 1 unspecified atom stereocenters. The molecule has 2 aromatic heterocycles. The summed E-state index contributed by atoms with van der Waals surface area (Å²) < 4.78 is 31.6. The van der Waals surface area contributed by atoms with Crippen LogP contribution in [0, 0.1) is 17.7 Å². The number of amides is 3. The number of Topliss-reactive ketones (excluding diaryl/α,β-unsaturated/α-hetero) is 1. The van der Waals surface area contributed by atoms with E-state index in [-0.39, 0.29) is 37.4 Å². The molecule has 4 N–H and O–H groups in total. The van der Waals surface area contributed by atoms with E-state index in [1.54, 1.807) is 39.2 Å². The summed E-state index contributed by atoms with van der Waals surface area (Å²) in [5, 5.41) is 22.4. The molecule has 1 saturated heterocycles. The fraction of sp³-hybridized carbons (Fsp3) is 0.457. The lowest BCUT2D eigenvalue weighted by atomic mass is 9.97. The van der Waals surface area contributed by atoms with E-state index in [4.69, 9.17) is 24.2 Å². The summed E-state index contributed by atoms with van der Waals surface area (Å²) in [6.45, 7) is 7.35. The Hall–Kier alpha value is -6.10. The first kappa shape index (κ1) is 44.9. The number of hydrogen-bond donors (Lipinski definition) is 4. The number of alkyl carbamates (subject to hydrolysis) is 1. The maximum Gasteiger partial charge on any atom is 0.408 e. The zero-order valence-electron chi connectivity index (χ0n) is 35.9. The van der Waals surface area contributed by atoms with E-state index in [1.165, 1.54) is 28.4 Å². The van der Waals surface area contributed by atoms with E-state index in [0.717, 1.165) is 23.7 Å². The number of nitrogens with zero attached hydrogens (tertiary/aromatic N) is 3. The summed E-state index contributed by atoms with van der Waals surface area (Å²) in [7, 11) is 1.56. The Balaban J connectivity index is 1.19. The smallest absolute Gasteiger partial charge is 0.408 e. The molecule has 2 aromatic carbocycles. The van der Waals surface area contributed by atoms with Gasteiger partial charge < -0.3 is 40.2 Å². The van der Waals surface area contributed by atoms with Crippen LogP contribution >= 0.6 is 11.3 Å². The van der Waals surface area contributed by atoms with Crippen molar-refractivity contribution in [3.8, 4) is 22.9 Å². The molecule has 63 heavy (non-hydrogen) atoms. The Kier molecular flexibility index (Phi) is 13.6. The number of carbonyl (C=O) groups excluding carboxylic acids is 4. The number of halogens is 1. The number of pyridine rings is 1. The normalized spacial score (nSPS) is 23.7. The number of carboxylic acids is 1. The van der Waals surface area contributed by atoms with Crippen molar-refractivity contribution >= 4 is 57.0 Å². The van der Waals surface area contributed by atoms with Crippen LogP contribution in [0.3, 0.4) is 0 Å². The van der Waals surface area contributed by atoms with Gasteiger partial charge in [-0.05, 0) is 81.8 Å². The number of ketones is 1. The van der Waals surface area contributed by atoms with E-state index in [2.05, 4.69) is 16.0 Å². The number of aromatic nitrogens is 2. The van der Waals surface area contributed by atoms with Gasteiger partial charge in [-0.3, -0.25) is 14.4 Å². The molecule has 0 spiro atoms. The first-order valence-electron chi connectivity index (χ1n) is 21.3. The molecule has 2 fully saturated rings. The highest BCUT2D eigenvalue weighted by Gasteiger charge is 2.61. The molecule has 15 nitrogen and oxygen atoms in total. The van der Waals surface area contributed by atoms with Gasteiger partial charge in [0.2, 0.25) is 17.6 Å². The summed E-state index contributed by atoms with van der Waals surface area (Å²) in [6, 6.07) is 9.86. The minimum absolute atomic E-state index is 0.000994. The number of hydrogen-bond acceptors (Lipinski definition) is 12. The predicted molar refractivity (Wildman–Crippen MR) is 234 cm³/mol. The van der Waals surface area contributed by atoms with Gasteiger partial charge in [0, 0.05) is 46.8 Å². The molecular weight excluding hydrogens is 832 g/mol. The molecule has 3 amide bonds. The topological polar surface area (TPSA) is 198 Å². The summed E-state index contributed by atoms with van der Waals surface area (Å²) >= 11 is 1.44. The monoisotopic (exact) mass is 884 g/mol. The fourth-order valence-electron chi connectivity index (χ4n) is 8.13. The van der Waals surface area contributed by atoms with Crippen LogP contribution < -0.4 is 25.4 Å². The van der Waals surface area contributed by atoms with Gasteiger partial charge in [0.05, 0.1) is 24.9 Å². The average molecular weight is 885 g/mol. The van der Waals surface area contributed by atoms with Crippen LogP contribution in [0.2, 0.25) is 0 Å². The number of allylic oxidation sites excluding steroid dienone is 1. The van der Waals surface area contributed by atoms with Gasteiger partial charge in [0.1, 0.15) is 46.7 Å². The second kappa shape index (κ2) is 19.1. The number of nitrogens with one attached hydrogen (secondary N) is 3. The predicted octanol–water partition coefficient (Wildman–Crippen LogP) is 7.16. The number of ether oxygens (including phenoxy) is 3. The number of aliphatic carboxylic acids is 1. The number of thiazole rings is 1. The van der Waals surface area contributed by atoms with Crippen LogP contribution in [-0.2, 0) is 19.1 Å². The van der Waals surface area contributed by atoms with Crippen LogP contribution in [0.4, 0.5) is 14.3 Å². The SMILES string of the molecule is COc1ccc2c(O[C@@H]3C[C@H]4C(=O)N[C@]5(C(=O)O)CC5/C=C\CCCCC[C@H](NC(=O)O[C@H](C(=O)c5ccc(F)cc5)C(C)C)C(=O)N4C3)cc(-c3csc(NC(C)C)n3)nc2c1. The van der Waals surface area contributed by atoms with Gasteiger partial charge in [-0.2, -0.15) is 0 Å². The second-order valence-corrected chi connectivity index (χ2v) is 17.8. The minimum atomic E-state index is -1.53. The Labute approximate surface area is 368 Å². The lowest BCUT2D eigenvalue weighted by molar-refractivity contribution is -0.145. The van der Waals surface area contributed by atoms with E-state index in [1.807, 2.05) is 37.4 Å². The van der Waals surface area contributed by atoms with Gasteiger partial charge in [0.25, 0.3) is 0 Å². The highest BCUT2D eigenvalue weighted by Crippen LogP contribution is 2.45. The number of carboxylic acid groups (broad SMARTS) is 1. The number of fused-ring (bicyclic) bond motifs is 3. The van der Waals surface area contributed by atoms with Crippen LogP contribution in [-0.4, -0.2) is 99.2 Å². The molecule has 17 heteroatoms. The van der Waals surface area contributed by atoms with Crippen LogP contribution in [0.5, 0.6) is 11.5 Å². The number of carbonyl (C=O) groups is 5. The summed E-state index contributed by atoms with van der Waals surface area (Å²) in [5.74, 6) is -3.37. The first-order chi connectivity index (χ1) is 30.1. The van der Waals surface area contributed by atoms with E-state index in [9.17, 15) is 33.5 Å². The molecule has 3 aliphatic rings. The minimum Gasteiger partial charge on any atom is -0.497 e. The highest BCUT2D eigenvalue weighted by atomic mass is 32.1. The van der Waals surface area contributed by atoms with Crippen molar-refractivity contribution in [2.45, 2.75) is 109 Å². The Morgan fingerprint density at radius 3 is 2.51 bits per heavy atom. The lowest BCUT2D eigenvalue weighted by Gasteiger charge is -2.30. The van der Waals surface area contributed by atoms with Gasteiger partial charge in [-0.25, -0.2) is 23.9 Å². The third kappa shape index (κ3) is 10.2. The number of methoxy groups -OCH3 is 1. The van der Waals surface area contributed by atoms with Gasteiger partial charge in [-0.1, -0.05) is 38.8 Å². The van der Waals surface area contributed by atoms with Crippen molar-refractivity contribution in [1.29, 1.82) is 0 Å². The molecule has 4 heterocycles. The third-order valence-corrected chi connectivity index (χ3v) is 12.4. The van der Waals surface area contributed by atoms with Crippen LogP contribution in [0.1, 0.15) is 83.0 Å². The van der Waals surface area contributed by atoms with Crippen molar-refractivity contribution in [2.24, 2.45) is 11.8 Å². The summed E-state index contributed by atoms with van der Waals surface area (Å²) in [4.78, 5) is 79.9. The Morgan fingerprint density at radius 2 is 1.79 bits per heavy atom. The van der Waals surface area contributed by atoms with Gasteiger partial charge in [0.15, 0.2) is 11.2 Å². The lowest BCUT2D eigenvalue weighted by Crippen LogP contribution is -2.56.